The summed E-state index contributed by atoms with van der Waals surface area (Å²) < 4.78 is 0. The summed E-state index contributed by atoms with van der Waals surface area (Å²) in [5, 5.41) is 14.5. The van der Waals surface area contributed by atoms with Crippen molar-refractivity contribution < 1.29 is 14.7 Å². The molecule has 1 aromatic rings. The summed E-state index contributed by atoms with van der Waals surface area (Å²) in [6.07, 6.45) is 8.58. The lowest BCUT2D eigenvalue weighted by Gasteiger charge is -2.72. The number of aryl methyl sites for hydroxylation is 2. The maximum Gasteiger partial charge on any atom is 0.252 e. The van der Waals surface area contributed by atoms with Crippen molar-refractivity contribution in [2.45, 2.75) is 132 Å². The second-order valence-electron chi connectivity index (χ2n) is 16.7. The second kappa shape index (κ2) is 9.49. The molecular formula is C37H54N2O3. The second-order valence-corrected chi connectivity index (χ2v) is 16.7. The Kier molecular flexibility index (Phi) is 6.79. The summed E-state index contributed by atoms with van der Waals surface area (Å²) in [5.41, 5.74) is 4.35. The molecule has 0 unspecified atom stereocenters. The lowest BCUT2D eigenvalue weighted by Crippen LogP contribution is -2.67. The fourth-order valence-corrected chi connectivity index (χ4v) is 12.0. The Morgan fingerprint density at radius 2 is 1.57 bits per heavy atom. The average Bonchev–Trinajstić information content (AvgIpc) is 3.18. The van der Waals surface area contributed by atoms with E-state index < -0.39 is 5.54 Å². The average molecular weight is 575 g/mol. The maximum atomic E-state index is 13.9. The van der Waals surface area contributed by atoms with Crippen molar-refractivity contribution in [3.8, 4) is 0 Å². The molecule has 0 radical (unpaired) electrons. The van der Waals surface area contributed by atoms with Crippen molar-refractivity contribution in [3.05, 3.63) is 40.2 Å². The molecule has 0 spiro atoms. The molecule has 0 aromatic carbocycles. The molecule has 5 aliphatic rings. The predicted molar refractivity (Wildman–Crippen MR) is 167 cm³/mol. The van der Waals surface area contributed by atoms with E-state index in [1.807, 2.05) is 26.0 Å². The summed E-state index contributed by atoms with van der Waals surface area (Å²) in [5.74, 6) is 1.70. The number of aliphatic hydroxyl groups is 1. The van der Waals surface area contributed by atoms with Crippen LogP contribution in [-0.4, -0.2) is 33.4 Å². The van der Waals surface area contributed by atoms with Gasteiger partial charge in [-0.3, -0.25) is 14.6 Å². The molecule has 1 aromatic heterocycles. The Balaban J connectivity index is 1.41. The van der Waals surface area contributed by atoms with Gasteiger partial charge in [-0.25, -0.2) is 0 Å². The quantitative estimate of drug-likeness (QED) is 0.391. The molecule has 6 rings (SSSR count). The topological polar surface area (TPSA) is 79.3 Å². The molecule has 4 saturated carbocycles. The van der Waals surface area contributed by atoms with Crippen LogP contribution in [0.2, 0.25) is 0 Å². The number of ketones is 1. The molecule has 5 nitrogen and oxygen atoms in total. The van der Waals surface area contributed by atoms with Crippen LogP contribution in [0.3, 0.4) is 0 Å². The van der Waals surface area contributed by atoms with Gasteiger partial charge in [-0.15, -0.1) is 0 Å². The van der Waals surface area contributed by atoms with E-state index in [1.165, 1.54) is 12.0 Å². The highest BCUT2D eigenvalue weighted by atomic mass is 16.3. The van der Waals surface area contributed by atoms with E-state index in [2.05, 4.69) is 58.8 Å². The molecule has 42 heavy (non-hydrogen) atoms. The van der Waals surface area contributed by atoms with Crippen molar-refractivity contribution in [1.29, 1.82) is 0 Å². The van der Waals surface area contributed by atoms with Gasteiger partial charge < -0.3 is 10.4 Å². The van der Waals surface area contributed by atoms with Gasteiger partial charge in [0.25, 0.3) is 5.91 Å². The third-order valence-corrected chi connectivity index (χ3v) is 14.1. The standard InChI is InChI=1S/C37H54N2O3/c1-21(2)30-26(40)20-37(39-32(42)24-18-22(3)38-23(4)19-24)17-16-35(8)25(31(30)37)10-11-28-34(7)14-13-29(41)33(5,6)27(34)12-15-36(28,35)9/h18-19,21,25,27-29,41H,10-17,20H2,1-9H3,(H,39,42)/t25-,27+,28-,29+,34+,35-,36-,37-/m1/s1. The summed E-state index contributed by atoms with van der Waals surface area (Å²) in [7, 11) is 0. The van der Waals surface area contributed by atoms with Gasteiger partial charge in [0, 0.05) is 23.4 Å². The number of carbonyl (C=O) groups is 2. The molecule has 1 heterocycles. The smallest absolute Gasteiger partial charge is 0.252 e. The molecule has 230 valence electrons. The van der Waals surface area contributed by atoms with Crippen LogP contribution in [0.5, 0.6) is 0 Å². The van der Waals surface area contributed by atoms with Crippen molar-refractivity contribution >= 4 is 11.7 Å². The number of nitrogens with zero attached hydrogens (tertiary/aromatic N) is 1. The zero-order valence-corrected chi connectivity index (χ0v) is 27.6. The van der Waals surface area contributed by atoms with Gasteiger partial charge >= 0.3 is 0 Å². The number of aromatic nitrogens is 1. The lowest BCUT2D eigenvalue weighted by molar-refractivity contribution is -0.226. The van der Waals surface area contributed by atoms with Gasteiger partial charge in [0.1, 0.15) is 0 Å². The first-order valence-corrected chi connectivity index (χ1v) is 16.7. The number of hydrogen-bond donors (Lipinski definition) is 2. The van der Waals surface area contributed by atoms with E-state index in [-0.39, 0.29) is 45.4 Å². The van der Waals surface area contributed by atoms with Crippen LogP contribution < -0.4 is 5.32 Å². The van der Waals surface area contributed by atoms with Gasteiger partial charge in [-0.2, -0.15) is 0 Å². The minimum atomic E-state index is -0.593. The Morgan fingerprint density at radius 3 is 2.21 bits per heavy atom. The van der Waals surface area contributed by atoms with E-state index in [9.17, 15) is 14.7 Å². The Hall–Kier alpha value is -2.01. The first-order valence-electron chi connectivity index (χ1n) is 16.7. The van der Waals surface area contributed by atoms with Crippen LogP contribution in [0.15, 0.2) is 23.3 Å². The van der Waals surface area contributed by atoms with Crippen LogP contribution >= 0.6 is 0 Å². The number of hydrogen-bond acceptors (Lipinski definition) is 4. The van der Waals surface area contributed by atoms with Crippen LogP contribution in [-0.2, 0) is 4.79 Å². The molecule has 2 N–H and O–H groups in total. The minimum Gasteiger partial charge on any atom is -0.393 e. The van der Waals surface area contributed by atoms with Gasteiger partial charge in [-0.1, -0.05) is 48.5 Å². The Labute approximate surface area is 253 Å². The fraction of sp³-hybridized carbons (Fsp3) is 0.757. The van der Waals surface area contributed by atoms with E-state index in [0.717, 1.165) is 61.9 Å². The number of Topliss-reactive ketones (excluding diaryl/α,β-unsaturated/α-hetero) is 1. The van der Waals surface area contributed by atoms with E-state index in [4.69, 9.17) is 0 Å². The highest BCUT2D eigenvalue weighted by Gasteiger charge is 2.70. The van der Waals surface area contributed by atoms with Gasteiger partial charge in [0.15, 0.2) is 5.78 Å². The van der Waals surface area contributed by atoms with Crippen LogP contribution in [0.1, 0.15) is 128 Å². The predicted octanol–water partition coefficient (Wildman–Crippen LogP) is 7.52. The number of amides is 1. The summed E-state index contributed by atoms with van der Waals surface area (Å²) in [6.45, 7) is 20.5. The van der Waals surface area contributed by atoms with E-state index >= 15 is 0 Å². The summed E-state index contributed by atoms with van der Waals surface area (Å²) in [4.78, 5) is 32.2. The molecular weight excluding hydrogens is 520 g/mol. The first-order chi connectivity index (χ1) is 19.5. The number of pyridine rings is 1. The monoisotopic (exact) mass is 574 g/mol. The molecule has 5 heteroatoms. The lowest BCUT2D eigenvalue weighted by atomic mass is 9.33. The van der Waals surface area contributed by atoms with Crippen molar-refractivity contribution in [2.24, 2.45) is 45.3 Å². The first kappa shape index (κ1) is 30.0. The number of aliphatic hydroxyl groups excluding tert-OH is 1. The largest absolute Gasteiger partial charge is 0.393 e. The van der Waals surface area contributed by atoms with Crippen molar-refractivity contribution in [2.75, 3.05) is 0 Å². The highest BCUT2D eigenvalue weighted by Crippen LogP contribution is 2.75. The number of carbonyl (C=O) groups excluding carboxylic acids is 2. The Bertz CT molecular complexity index is 1340. The molecule has 8 atom stereocenters. The van der Waals surface area contributed by atoms with Crippen molar-refractivity contribution in [3.63, 3.8) is 0 Å². The molecule has 0 saturated heterocycles. The van der Waals surface area contributed by atoms with Gasteiger partial charge in [0.2, 0.25) is 0 Å². The zero-order valence-electron chi connectivity index (χ0n) is 27.6. The number of fused-ring (bicyclic) bond motifs is 7. The van der Waals surface area contributed by atoms with Gasteiger partial charge in [0.05, 0.1) is 11.6 Å². The maximum absolute atomic E-state index is 13.9. The molecule has 1 amide bonds. The van der Waals surface area contributed by atoms with E-state index in [1.54, 1.807) is 0 Å². The van der Waals surface area contributed by atoms with E-state index in [0.29, 0.717) is 29.7 Å². The molecule has 0 bridgehead atoms. The molecule has 4 fully saturated rings. The minimum absolute atomic E-state index is 0.0578. The zero-order chi connectivity index (χ0) is 30.6. The highest BCUT2D eigenvalue weighted by molar-refractivity contribution is 6.03. The SMILES string of the molecule is Cc1cc(C(=O)N[C@@]23CC[C@]4(C)[C@H](CC[C@@H]5[C@@]6(C)CC[C@H](O)C(C)(C)[C@@H]6CC[C@]54C)C2=C(C(C)C)C(=O)C3)cc(C)n1. The third-order valence-electron chi connectivity index (χ3n) is 14.1. The fourth-order valence-electron chi connectivity index (χ4n) is 12.0. The van der Waals surface area contributed by atoms with Gasteiger partial charge in [-0.05, 0) is 134 Å². The van der Waals surface area contributed by atoms with Crippen molar-refractivity contribution in [1.82, 2.24) is 10.3 Å². The Morgan fingerprint density at radius 1 is 0.905 bits per heavy atom. The summed E-state index contributed by atoms with van der Waals surface area (Å²) in [6, 6.07) is 3.73. The molecule has 5 aliphatic carbocycles. The van der Waals surface area contributed by atoms with Crippen LogP contribution in [0, 0.1) is 59.2 Å². The summed E-state index contributed by atoms with van der Waals surface area (Å²) >= 11 is 0. The van der Waals surface area contributed by atoms with Crippen LogP contribution in [0.25, 0.3) is 0 Å². The normalized spacial score (nSPS) is 42.5. The third kappa shape index (κ3) is 3.93. The number of nitrogens with one attached hydrogen (secondary N) is 1. The number of rotatable bonds is 3. The molecule has 0 aliphatic heterocycles. The van der Waals surface area contributed by atoms with Crippen LogP contribution in [0.4, 0.5) is 0 Å². The number of allylic oxidation sites excluding steroid dienone is 1.